The highest BCUT2D eigenvalue weighted by molar-refractivity contribution is 6.55. The first kappa shape index (κ1) is 10.9. The van der Waals surface area contributed by atoms with Crippen molar-refractivity contribution in [2.45, 2.75) is 19.9 Å². The summed E-state index contributed by atoms with van der Waals surface area (Å²) in [6, 6.07) is 0. The maximum atomic E-state index is 5.40. The maximum absolute atomic E-state index is 5.40. The number of hydrogen-bond acceptors (Lipinski definition) is 2. The average Bonchev–Trinajstić information content (AvgIpc) is 2.04. The van der Waals surface area contributed by atoms with Gasteiger partial charge in [-0.25, -0.2) is 0 Å². The maximum Gasteiger partial charge on any atom is 0.235 e. The van der Waals surface area contributed by atoms with Crippen molar-refractivity contribution >= 4 is 9.04 Å². The number of hydrogen-bond donors (Lipinski definition) is 0. The van der Waals surface area contributed by atoms with Crippen LogP contribution in [0.25, 0.3) is 0 Å². The average molecular weight is 173 g/mol. The van der Waals surface area contributed by atoms with Crippen molar-refractivity contribution in [2.75, 3.05) is 19.8 Å². The number of rotatable bonds is 7. The highest BCUT2D eigenvalue weighted by Crippen LogP contribution is 1.87. The predicted molar refractivity (Wildman–Crippen MR) is 48.9 cm³/mol. The molecule has 0 aromatic heterocycles. The Morgan fingerprint density at radius 3 is 2.64 bits per heavy atom. The Bertz CT molecular complexity index is 96.1. The van der Waals surface area contributed by atoms with Crippen molar-refractivity contribution < 1.29 is 9.16 Å². The fourth-order valence-corrected chi connectivity index (χ4v) is 1.09. The van der Waals surface area contributed by atoms with Crippen LogP contribution in [-0.4, -0.2) is 28.9 Å². The topological polar surface area (TPSA) is 18.5 Å². The second-order valence-corrected chi connectivity index (χ2v) is 4.19. The van der Waals surface area contributed by atoms with E-state index in [1.165, 1.54) is 0 Å². The van der Waals surface area contributed by atoms with Gasteiger partial charge in [-0.3, -0.25) is 0 Å². The van der Waals surface area contributed by atoms with Gasteiger partial charge in [0.15, 0.2) is 0 Å². The summed E-state index contributed by atoms with van der Waals surface area (Å²) in [5.74, 6) is 0. The highest BCUT2D eigenvalue weighted by atomic mass is 28.3. The lowest BCUT2D eigenvalue weighted by Gasteiger charge is -2.06. The number of ether oxygens (including phenoxy) is 1. The molecule has 1 radical (unpaired) electrons. The molecule has 0 atom stereocenters. The van der Waals surface area contributed by atoms with E-state index >= 15 is 0 Å². The molecule has 0 saturated heterocycles. The van der Waals surface area contributed by atoms with Crippen LogP contribution < -0.4 is 0 Å². The first-order chi connectivity index (χ1) is 5.31. The minimum Gasteiger partial charge on any atom is -0.410 e. The quantitative estimate of drug-likeness (QED) is 0.431. The van der Waals surface area contributed by atoms with E-state index < -0.39 is 9.04 Å². The molecule has 11 heavy (non-hydrogen) atoms. The molecule has 0 spiro atoms. The largest absolute Gasteiger partial charge is 0.410 e. The third-order valence-corrected chi connectivity index (χ3v) is 2.43. The van der Waals surface area contributed by atoms with Crippen LogP contribution in [0.2, 0.25) is 6.55 Å². The second-order valence-electron chi connectivity index (χ2n) is 2.28. The van der Waals surface area contributed by atoms with Crippen molar-refractivity contribution in [2.24, 2.45) is 0 Å². The van der Waals surface area contributed by atoms with Crippen LogP contribution in [0.1, 0.15) is 13.3 Å². The fourth-order valence-electron chi connectivity index (χ4n) is 0.567. The summed E-state index contributed by atoms with van der Waals surface area (Å²) in [5.41, 5.74) is 1.88. The molecule has 0 saturated carbocycles. The van der Waals surface area contributed by atoms with Gasteiger partial charge in [0.05, 0.1) is 13.2 Å². The van der Waals surface area contributed by atoms with Gasteiger partial charge in [-0.15, -0.1) is 6.58 Å². The normalized spacial score (nSPS) is 10.5. The zero-order valence-corrected chi connectivity index (χ0v) is 8.43. The van der Waals surface area contributed by atoms with Gasteiger partial charge < -0.3 is 9.16 Å². The molecule has 0 N–H and O–H groups in total. The van der Waals surface area contributed by atoms with Crippen molar-refractivity contribution in [1.82, 2.24) is 0 Å². The second kappa shape index (κ2) is 7.98. The zero-order chi connectivity index (χ0) is 8.53. The van der Waals surface area contributed by atoms with E-state index in [0.29, 0.717) is 13.2 Å². The van der Waals surface area contributed by atoms with Crippen molar-refractivity contribution in [3.8, 4) is 0 Å². The Balaban J connectivity index is 2.95. The highest BCUT2D eigenvalue weighted by Gasteiger charge is 1.97. The van der Waals surface area contributed by atoms with E-state index in [9.17, 15) is 0 Å². The Morgan fingerprint density at radius 1 is 1.36 bits per heavy atom. The van der Waals surface area contributed by atoms with Crippen LogP contribution in [0.5, 0.6) is 0 Å². The summed E-state index contributed by atoms with van der Waals surface area (Å²) in [5, 5.41) is 0. The molecule has 0 bridgehead atoms. The molecule has 0 aromatic carbocycles. The predicted octanol–water partition coefficient (Wildman–Crippen LogP) is 1.78. The molecule has 0 aliphatic rings. The summed E-state index contributed by atoms with van der Waals surface area (Å²) in [7, 11) is -0.732. The Labute approximate surface area is 70.9 Å². The minimum absolute atomic E-state index is 0.705. The van der Waals surface area contributed by atoms with Gasteiger partial charge in [-0.05, 0) is 13.0 Å². The lowest BCUT2D eigenvalue weighted by molar-refractivity contribution is 0.101. The summed E-state index contributed by atoms with van der Waals surface area (Å²) in [6.45, 7) is 10.1. The van der Waals surface area contributed by atoms with Gasteiger partial charge in [0.2, 0.25) is 9.04 Å². The summed E-state index contributed by atoms with van der Waals surface area (Å²) >= 11 is 0. The molecular formula is C8H17O2Si. The molecular weight excluding hydrogens is 156 g/mol. The first-order valence-corrected chi connectivity index (χ1v) is 5.96. The summed E-state index contributed by atoms with van der Waals surface area (Å²) in [6.07, 6.45) is 1.07. The smallest absolute Gasteiger partial charge is 0.235 e. The molecule has 65 valence electrons. The molecule has 0 unspecified atom stereocenters. The summed E-state index contributed by atoms with van der Waals surface area (Å²) < 4.78 is 10.6. The lowest BCUT2D eigenvalue weighted by Crippen LogP contribution is -2.14. The molecule has 0 rings (SSSR count). The van der Waals surface area contributed by atoms with Crippen molar-refractivity contribution in [3.63, 3.8) is 0 Å². The Kier molecular flexibility index (Phi) is 7.89. The molecule has 0 heterocycles. The third-order valence-electron chi connectivity index (χ3n) is 1.19. The van der Waals surface area contributed by atoms with Crippen molar-refractivity contribution in [1.29, 1.82) is 0 Å². The van der Waals surface area contributed by atoms with Crippen LogP contribution in [0.15, 0.2) is 12.3 Å². The first-order valence-electron chi connectivity index (χ1n) is 3.97. The van der Waals surface area contributed by atoms with Gasteiger partial charge >= 0.3 is 0 Å². The van der Waals surface area contributed by atoms with Crippen LogP contribution in [-0.2, 0) is 9.16 Å². The van der Waals surface area contributed by atoms with Gasteiger partial charge in [0, 0.05) is 6.61 Å². The van der Waals surface area contributed by atoms with Crippen LogP contribution >= 0.6 is 0 Å². The van der Waals surface area contributed by atoms with Gasteiger partial charge in [-0.2, -0.15) is 0 Å². The molecule has 2 nitrogen and oxygen atoms in total. The lowest BCUT2D eigenvalue weighted by atomic mass is 10.5. The third kappa shape index (κ3) is 7.78. The molecule has 0 amide bonds. The van der Waals surface area contributed by atoms with E-state index in [1.807, 2.05) is 5.70 Å². The van der Waals surface area contributed by atoms with Gasteiger partial charge in [-0.1, -0.05) is 12.6 Å². The van der Waals surface area contributed by atoms with Crippen LogP contribution in [0, 0.1) is 0 Å². The van der Waals surface area contributed by atoms with Gasteiger partial charge in [0.1, 0.15) is 0 Å². The van der Waals surface area contributed by atoms with Gasteiger partial charge in [0.25, 0.3) is 0 Å². The van der Waals surface area contributed by atoms with E-state index in [1.54, 1.807) is 0 Å². The molecule has 0 aliphatic heterocycles. The molecule has 0 fully saturated rings. The monoisotopic (exact) mass is 173 g/mol. The van der Waals surface area contributed by atoms with E-state index in [0.717, 1.165) is 13.0 Å². The minimum atomic E-state index is -0.732. The summed E-state index contributed by atoms with van der Waals surface area (Å²) in [4.78, 5) is 0. The molecule has 3 heteroatoms. The standard InChI is InChI=1S/C8H17O2Si/c1-4-6-9-7-8-10-11(3)5-2/h5H,2,4,6-8H2,1,3H3. The molecule has 0 aliphatic carbocycles. The molecule has 0 aromatic rings. The Hall–Kier alpha value is -0.123. The zero-order valence-electron chi connectivity index (χ0n) is 7.43. The van der Waals surface area contributed by atoms with Crippen LogP contribution in [0.4, 0.5) is 0 Å². The van der Waals surface area contributed by atoms with Crippen molar-refractivity contribution in [3.05, 3.63) is 12.3 Å². The van der Waals surface area contributed by atoms with E-state index in [4.69, 9.17) is 9.16 Å². The fraction of sp³-hybridized carbons (Fsp3) is 0.750. The van der Waals surface area contributed by atoms with Crippen LogP contribution in [0.3, 0.4) is 0 Å². The Morgan fingerprint density at radius 2 is 2.09 bits per heavy atom. The SMILES string of the molecule is C=C[Si](C)OCCOCCC. The van der Waals surface area contributed by atoms with E-state index in [2.05, 4.69) is 20.0 Å². The van der Waals surface area contributed by atoms with E-state index in [-0.39, 0.29) is 0 Å².